The third-order valence-corrected chi connectivity index (χ3v) is 5.95. The van der Waals surface area contributed by atoms with Crippen molar-refractivity contribution in [2.24, 2.45) is 11.8 Å². The Morgan fingerprint density at radius 1 is 1.22 bits per heavy atom. The number of ether oxygens (including phenoxy) is 2. The molecular formula is C24H36N4O4. The Labute approximate surface area is 190 Å². The fourth-order valence-electron chi connectivity index (χ4n) is 4.40. The highest BCUT2D eigenvalue weighted by atomic mass is 16.5. The molecule has 0 spiro atoms. The van der Waals surface area contributed by atoms with Crippen molar-refractivity contribution in [2.75, 3.05) is 40.5 Å². The zero-order valence-corrected chi connectivity index (χ0v) is 19.7. The van der Waals surface area contributed by atoms with Gasteiger partial charge in [-0.15, -0.1) is 0 Å². The number of unbranched alkanes of at least 4 members (excludes halogenated alkanes) is 1. The van der Waals surface area contributed by atoms with Crippen LogP contribution in [0.4, 0.5) is 0 Å². The Morgan fingerprint density at radius 2 is 2.00 bits per heavy atom. The second-order valence-corrected chi connectivity index (χ2v) is 8.89. The molecule has 8 nitrogen and oxygen atoms in total. The number of nitrogens with one attached hydrogen (secondary N) is 1. The van der Waals surface area contributed by atoms with Gasteiger partial charge in [0.05, 0.1) is 24.1 Å². The van der Waals surface area contributed by atoms with Gasteiger partial charge in [-0.05, 0) is 37.3 Å². The second kappa shape index (κ2) is 11.4. The number of fused-ring (bicyclic) bond motifs is 1. The summed E-state index contributed by atoms with van der Waals surface area (Å²) in [5.74, 6) is 0.180. The number of rotatable bonds is 10. The van der Waals surface area contributed by atoms with E-state index < -0.39 is 0 Å². The summed E-state index contributed by atoms with van der Waals surface area (Å²) in [5.41, 5.74) is 1.79. The van der Waals surface area contributed by atoms with Crippen LogP contribution in [0.15, 0.2) is 24.3 Å². The summed E-state index contributed by atoms with van der Waals surface area (Å²) in [6.07, 6.45) is 2.40. The van der Waals surface area contributed by atoms with Gasteiger partial charge in [0.15, 0.2) is 5.82 Å². The van der Waals surface area contributed by atoms with Crippen molar-refractivity contribution < 1.29 is 19.1 Å². The molecule has 3 rings (SSSR count). The molecule has 0 bridgehead atoms. The molecule has 1 fully saturated rings. The van der Waals surface area contributed by atoms with Gasteiger partial charge in [0.25, 0.3) is 5.91 Å². The Balaban J connectivity index is 1.91. The molecule has 1 saturated heterocycles. The van der Waals surface area contributed by atoms with Crippen LogP contribution in [0.2, 0.25) is 0 Å². The van der Waals surface area contributed by atoms with Crippen molar-refractivity contribution in [3.8, 4) is 0 Å². The van der Waals surface area contributed by atoms with Crippen molar-refractivity contribution in [1.29, 1.82) is 0 Å². The standard InChI is InChI=1S/C24H36N4O4/c1-17(2)16-28(19-13-18(14-25-15-19)24(30)32-4)23(29)22-26-20-9-5-6-10-21(20)27(22)11-7-8-12-31-3/h5-6,9-10,17-19,25H,7-8,11-16H2,1-4H3/t18?,19-/m0/s1. The molecule has 0 aliphatic carbocycles. The average molecular weight is 445 g/mol. The number of carbonyl (C=O) groups is 2. The molecule has 176 valence electrons. The van der Waals surface area contributed by atoms with Gasteiger partial charge in [-0.2, -0.15) is 0 Å². The van der Waals surface area contributed by atoms with Gasteiger partial charge in [0, 0.05) is 45.9 Å². The van der Waals surface area contributed by atoms with Crippen molar-refractivity contribution in [1.82, 2.24) is 19.8 Å². The fourth-order valence-corrected chi connectivity index (χ4v) is 4.40. The molecule has 0 radical (unpaired) electrons. The number of methoxy groups -OCH3 is 2. The Bertz CT molecular complexity index is 911. The first-order chi connectivity index (χ1) is 15.5. The normalized spacial score (nSPS) is 18.8. The molecule has 0 saturated carbocycles. The number of amides is 1. The maximum atomic E-state index is 13.9. The number of hydrogen-bond donors (Lipinski definition) is 1. The maximum Gasteiger partial charge on any atom is 0.310 e. The van der Waals surface area contributed by atoms with E-state index in [1.165, 1.54) is 7.11 Å². The van der Waals surface area contributed by atoms with Crippen molar-refractivity contribution in [3.63, 3.8) is 0 Å². The first-order valence-electron chi connectivity index (χ1n) is 11.5. The van der Waals surface area contributed by atoms with Gasteiger partial charge in [-0.25, -0.2) is 4.98 Å². The summed E-state index contributed by atoms with van der Waals surface area (Å²) in [5, 5.41) is 3.31. The Morgan fingerprint density at radius 3 is 2.72 bits per heavy atom. The summed E-state index contributed by atoms with van der Waals surface area (Å²) in [7, 11) is 3.11. The lowest BCUT2D eigenvalue weighted by Gasteiger charge is -2.38. The minimum Gasteiger partial charge on any atom is -0.469 e. The number of imidazole rings is 1. The van der Waals surface area contributed by atoms with E-state index in [9.17, 15) is 9.59 Å². The lowest BCUT2D eigenvalue weighted by atomic mass is 9.94. The minimum atomic E-state index is -0.255. The van der Waals surface area contributed by atoms with Crippen LogP contribution in [0.1, 0.15) is 43.7 Å². The molecule has 8 heteroatoms. The van der Waals surface area contributed by atoms with E-state index in [2.05, 4.69) is 19.2 Å². The molecule has 32 heavy (non-hydrogen) atoms. The molecule has 2 heterocycles. The topological polar surface area (TPSA) is 85.7 Å². The highest BCUT2D eigenvalue weighted by molar-refractivity contribution is 5.95. The first kappa shape index (κ1) is 24.2. The number of esters is 1. The van der Waals surface area contributed by atoms with Crippen LogP contribution < -0.4 is 5.32 Å². The van der Waals surface area contributed by atoms with Crippen LogP contribution in [0.5, 0.6) is 0 Å². The summed E-state index contributed by atoms with van der Waals surface area (Å²) in [6.45, 7) is 7.42. The SMILES string of the molecule is COCCCCn1c(C(=O)N(CC(C)C)[C@@H]2CNCC(C(=O)OC)C2)nc2ccccc21. The second-order valence-electron chi connectivity index (χ2n) is 8.89. The molecular weight excluding hydrogens is 408 g/mol. The maximum absolute atomic E-state index is 13.9. The molecule has 1 unspecified atom stereocenters. The lowest BCUT2D eigenvalue weighted by molar-refractivity contribution is -0.146. The fraction of sp³-hybridized carbons (Fsp3) is 0.625. The lowest BCUT2D eigenvalue weighted by Crippen LogP contribution is -2.54. The summed E-state index contributed by atoms with van der Waals surface area (Å²) < 4.78 is 12.2. The first-order valence-corrected chi connectivity index (χ1v) is 11.5. The number of carbonyl (C=O) groups excluding carboxylic acids is 2. The number of aryl methyl sites for hydroxylation is 1. The van der Waals surface area contributed by atoms with E-state index in [-0.39, 0.29) is 29.8 Å². The zero-order valence-electron chi connectivity index (χ0n) is 19.7. The molecule has 1 aliphatic rings. The third kappa shape index (κ3) is 5.66. The molecule has 1 aromatic heterocycles. The van der Waals surface area contributed by atoms with Crippen LogP contribution in [0.3, 0.4) is 0 Å². The highest BCUT2D eigenvalue weighted by Gasteiger charge is 2.35. The Hall–Kier alpha value is -2.45. The van der Waals surface area contributed by atoms with Gasteiger partial charge >= 0.3 is 5.97 Å². The van der Waals surface area contributed by atoms with Crippen LogP contribution in [0, 0.1) is 11.8 Å². The van der Waals surface area contributed by atoms with E-state index in [1.807, 2.05) is 33.7 Å². The van der Waals surface area contributed by atoms with Crippen molar-refractivity contribution >= 4 is 22.9 Å². The summed E-state index contributed by atoms with van der Waals surface area (Å²) in [4.78, 5) is 32.7. The van der Waals surface area contributed by atoms with Gasteiger partial charge in [-0.3, -0.25) is 9.59 Å². The third-order valence-electron chi connectivity index (χ3n) is 5.95. The van der Waals surface area contributed by atoms with Gasteiger partial charge in [-0.1, -0.05) is 26.0 Å². The van der Waals surface area contributed by atoms with Crippen molar-refractivity contribution in [3.05, 3.63) is 30.1 Å². The van der Waals surface area contributed by atoms with Gasteiger partial charge in [0.2, 0.25) is 0 Å². The predicted octanol–water partition coefficient (Wildman–Crippen LogP) is 2.71. The molecule has 1 aromatic carbocycles. The predicted molar refractivity (Wildman–Crippen MR) is 123 cm³/mol. The molecule has 1 amide bonds. The quantitative estimate of drug-likeness (QED) is 0.448. The van der Waals surface area contributed by atoms with Crippen molar-refractivity contribution in [2.45, 2.75) is 45.7 Å². The van der Waals surface area contributed by atoms with E-state index in [0.29, 0.717) is 45.0 Å². The number of hydrogen-bond acceptors (Lipinski definition) is 6. The summed E-state index contributed by atoms with van der Waals surface area (Å²) in [6, 6.07) is 7.78. The van der Waals surface area contributed by atoms with Gasteiger partial charge < -0.3 is 24.3 Å². The largest absolute Gasteiger partial charge is 0.469 e. The van der Waals surface area contributed by atoms with Crippen LogP contribution >= 0.6 is 0 Å². The number of piperidine rings is 1. The number of benzene rings is 1. The smallest absolute Gasteiger partial charge is 0.310 e. The van der Waals surface area contributed by atoms with Crippen LogP contribution in [-0.4, -0.2) is 72.8 Å². The molecule has 2 aromatic rings. The Kier molecular flexibility index (Phi) is 8.64. The number of para-hydroxylation sites is 2. The molecule has 1 N–H and O–H groups in total. The summed E-state index contributed by atoms with van der Waals surface area (Å²) >= 11 is 0. The minimum absolute atomic E-state index is 0.0843. The molecule has 2 atom stereocenters. The highest BCUT2D eigenvalue weighted by Crippen LogP contribution is 2.23. The van der Waals surface area contributed by atoms with Crippen LogP contribution in [-0.2, 0) is 20.8 Å². The molecule has 1 aliphatic heterocycles. The van der Waals surface area contributed by atoms with Gasteiger partial charge in [0.1, 0.15) is 0 Å². The van der Waals surface area contributed by atoms with E-state index in [0.717, 1.165) is 23.9 Å². The zero-order chi connectivity index (χ0) is 23.1. The van der Waals surface area contributed by atoms with Crippen LogP contribution in [0.25, 0.3) is 11.0 Å². The number of aromatic nitrogens is 2. The van der Waals surface area contributed by atoms with E-state index >= 15 is 0 Å². The average Bonchev–Trinajstić information content (AvgIpc) is 3.18. The number of nitrogens with zero attached hydrogens (tertiary/aromatic N) is 3. The monoisotopic (exact) mass is 444 g/mol. The van der Waals surface area contributed by atoms with E-state index in [1.54, 1.807) is 7.11 Å². The van der Waals surface area contributed by atoms with E-state index in [4.69, 9.17) is 14.5 Å².